The van der Waals surface area contributed by atoms with Crippen molar-refractivity contribution in [2.24, 2.45) is 0 Å². The Labute approximate surface area is 124 Å². The van der Waals surface area contributed by atoms with E-state index in [1.54, 1.807) is 12.4 Å². The van der Waals surface area contributed by atoms with Gasteiger partial charge in [0.15, 0.2) is 0 Å². The SMILES string of the molecule is C1CCCCC1.Nc1ncc(Cl)c(-c2cccnc2)n1. The maximum absolute atomic E-state index is 5.92. The standard InChI is InChI=1S/C9H7ClN4.C6H12/c10-7-5-13-9(11)14-8(7)6-2-1-3-12-4-6;1-2-4-6-5-3-1/h1-5H,(H2,11,13,14);1-6H2. The number of halogens is 1. The van der Waals surface area contributed by atoms with E-state index in [-0.39, 0.29) is 5.95 Å². The van der Waals surface area contributed by atoms with Gasteiger partial charge in [-0.05, 0) is 12.1 Å². The van der Waals surface area contributed by atoms with E-state index < -0.39 is 0 Å². The molecule has 5 heteroatoms. The van der Waals surface area contributed by atoms with Crippen LogP contribution in [0.1, 0.15) is 38.5 Å². The number of pyridine rings is 1. The molecule has 2 aromatic heterocycles. The lowest BCUT2D eigenvalue weighted by Gasteiger charge is -2.05. The second-order valence-electron chi connectivity index (χ2n) is 4.79. The topological polar surface area (TPSA) is 64.7 Å². The molecule has 2 N–H and O–H groups in total. The molecule has 0 bridgehead atoms. The number of rotatable bonds is 1. The Morgan fingerprint density at radius 1 is 1.00 bits per heavy atom. The number of anilines is 1. The summed E-state index contributed by atoms with van der Waals surface area (Å²) in [6, 6.07) is 3.67. The molecule has 2 aromatic rings. The van der Waals surface area contributed by atoms with Crippen LogP contribution < -0.4 is 5.73 Å². The van der Waals surface area contributed by atoms with Gasteiger partial charge in [-0.2, -0.15) is 0 Å². The zero-order valence-corrected chi connectivity index (χ0v) is 12.2. The highest BCUT2D eigenvalue weighted by Crippen LogP contribution is 2.24. The van der Waals surface area contributed by atoms with Crippen molar-refractivity contribution in [3.63, 3.8) is 0 Å². The molecule has 0 radical (unpaired) electrons. The molecule has 1 aliphatic rings. The Kier molecular flexibility index (Phi) is 5.74. The minimum atomic E-state index is 0.202. The summed E-state index contributed by atoms with van der Waals surface area (Å²) in [5.41, 5.74) is 6.89. The Balaban J connectivity index is 0.000000205. The van der Waals surface area contributed by atoms with Gasteiger partial charge in [-0.1, -0.05) is 50.1 Å². The van der Waals surface area contributed by atoms with Gasteiger partial charge in [-0.15, -0.1) is 0 Å². The lowest BCUT2D eigenvalue weighted by molar-refractivity contribution is 0.504. The molecule has 0 atom stereocenters. The van der Waals surface area contributed by atoms with Crippen LogP contribution in [0, 0.1) is 0 Å². The first-order valence-corrected chi connectivity index (χ1v) is 7.33. The van der Waals surface area contributed by atoms with Gasteiger partial charge in [-0.3, -0.25) is 4.98 Å². The van der Waals surface area contributed by atoms with Gasteiger partial charge < -0.3 is 5.73 Å². The molecule has 0 spiro atoms. The molecule has 1 fully saturated rings. The molecule has 0 aromatic carbocycles. The Hall–Kier alpha value is -1.68. The molecule has 3 rings (SSSR count). The van der Waals surface area contributed by atoms with Crippen LogP contribution in [0.4, 0.5) is 5.95 Å². The third kappa shape index (κ3) is 4.46. The van der Waals surface area contributed by atoms with Gasteiger partial charge in [0.05, 0.1) is 16.9 Å². The second kappa shape index (κ2) is 7.80. The maximum Gasteiger partial charge on any atom is 0.220 e. The van der Waals surface area contributed by atoms with Crippen molar-refractivity contribution in [1.82, 2.24) is 15.0 Å². The fourth-order valence-electron chi connectivity index (χ4n) is 2.15. The van der Waals surface area contributed by atoms with Crippen molar-refractivity contribution >= 4 is 17.5 Å². The van der Waals surface area contributed by atoms with E-state index in [2.05, 4.69) is 15.0 Å². The molecule has 4 nitrogen and oxygen atoms in total. The van der Waals surface area contributed by atoms with E-state index in [1.165, 1.54) is 44.7 Å². The van der Waals surface area contributed by atoms with E-state index in [0.717, 1.165) is 5.56 Å². The van der Waals surface area contributed by atoms with Crippen molar-refractivity contribution in [2.75, 3.05) is 5.73 Å². The maximum atomic E-state index is 5.92. The normalized spacial score (nSPS) is 14.2. The van der Waals surface area contributed by atoms with Gasteiger partial charge in [0.25, 0.3) is 0 Å². The number of aromatic nitrogens is 3. The molecule has 0 amide bonds. The van der Waals surface area contributed by atoms with Gasteiger partial charge in [0, 0.05) is 18.0 Å². The summed E-state index contributed by atoms with van der Waals surface area (Å²) in [7, 11) is 0. The van der Waals surface area contributed by atoms with Crippen LogP contribution in [0.2, 0.25) is 5.02 Å². The number of hydrogen-bond acceptors (Lipinski definition) is 4. The van der Waals surface area contributed by atoms with Crippen LogP contribution in [0.15, 0.2) is 30.7 Å². The van der Waals surface area contributed by atoms with E-state index in [1.807, 2.05) is 12.1 Å². The summed E-state index contributed by atoms with van der Waals surface area (Å²) in [6.45, 7) is 0. The number of nitrogens with two attached hydrogens (primary N) is 1. The van der Waals surface area contributed by atoms with Crippen molar-refractivity contribution in [3.8, 4) is 11.3 Å². The molecule has 0 aliphatic heterocycles. The average Bonchev–Trinajstić information content (AvgIpc) is 2.53. The lowest BCUT2D eigenvalue weighted by Crippen LogP contribution is -1.96. The highest BCUT2D eigenvalue weighted by molar-refractivity contribution is 6.32. The number of hydrogen-bond donors (Lipinski definition) is 1. The zero-order valence-electron chi connectivity index (χ0n) is 11.4. The molecule has 0 saturated heterocycles. The molecule has 0 unspecified atom stereocenters. The van der Waals surface area contributed by atoms with E-state index in [4.69, 9.17) is 17.3 Å². The molecule has 20 heavy (non-hydrogen) atoms. The smallest absolute Gasteiger partial charge is 0.220 e. The predicted octanol–water partition coefficient (Wildman–Crippen LogP) is 4.11. The fraction of sp³-hybridized carbons (Fsp3) is 0.400. The minimum Gasteiger partial charge on any atom is -0.368 e. The minimum absolute atomic E-state index is 0.202. The second-order valence-corrected chi connectivity index (χ2v) is 5.19. The van der Waals surface area contributed by atoms with Crippen LogP contribution >= 0.6 is 11.6 Å². The van der Waals surface area contributed by atoms with Crippen molar-refractivity contribution < 1.29 is 0 Å². The predicted molar refractivity (Wildman–Crippen MR) is 82.4 cm³/mol. The Morgan fingerprint density at radius 3 is 2.20 bits per heavy atom. The highest BCUT2D eigenvalue weighted by atomic mass is 35.5. The largest absolute Gasteiger partial charge is 0.368 e. The molecule has 1 saturated carbocycles. The molecular formula is C15H19ClN4. The van der Waals surface area contributed by atoms with Crippen LogP contribution in [0.25, 0.3) is 11.3 Å². The van der Waals surface area contributed by atoms with Crippen molar-refractivity contribution in [2.45, 2.75) is 38.5 Å². The Bertz CT molecular complexity index is 515. The number of nitrogens with zero attached hydrogens (tertiary/aromatic N) is 3. The summed E-state index contributed by atoms with van der Waals surface area (Å²) in [5.74, 6) is 0.202. The third-order valence-corrected chi connectivity index (χ3v) is 3.47. The van der Waals surface area contributed by atoms with Crippen molar-refractivity contribution in [3.05, 3.63) is 35.7 Å². The monoisotopic (exact) mass is 290 g/mol. The summed E-state index contributed by atoms with van der Waals surface area (Å²) < 4.78 is 0. The highest BCUT2D eigenvalue weighted by Gasteiger charge is 2.05. The average molecular weight is 291 g/mol. The van der Waals surface area contributed by atoms with E-state index in [9.17, 15) is 0 Å². The van der Waals surface area contributed by atoms with Crippen molar-refractivity contribution in [1.29, 1.82) is 0 Å². The van der Waals surface area contributed by atoms with Gasteiger partial charge in [0.1, 0.15) is 0 Å². The molecule has 106 valence electrons. The summed E-state index contributed by atoms with van der Waals surface area (Å²) in [6.07, 6.45) is 13.8. The molecular weight excluding hydrogens is 272 g/mol. The van der Waals surface area contributed by atoms with Crippen LogP contribution in [0.3, 0.4) is 0 Å². The number of nitrogen functional groups attached to an aromatic ring is 1. The first kappa shape index (κ1) is 14.7. The third-order valence-electron chi connectivity index (χ3n) is 3.20. The van der Waals surface area contributed by atoms with Gasteiger partial charge in [-0.25, -0.2) is 9.97 Å². The molecule has 2 heterocycles. The Morgan fingerprint density at radius 2 is 1.65 bits per heavy atom. The first-order valence-electron chi connectivity index (χ1n) is 6.96. The van der Waals surface area contributed by atoms with Crippen LogP contribution in [-0.4, -0.2) is 15.0 Å². The quantitative estimate of drug-likeness (QED) is 0.858. The van der Waals surface area contributed by atoms with Gasteiger partial charge in [0.2, 0.25) is 5.95 Å². The fourth-order valence-corrected chi connectivity index (χ4v) is 2.35. The van der Waals surface area contributed by atoms with Crippen LogP contribution in [0.5, 0.6) is 0 Å². The molecule has 1 aliphatic carbocycles. The van der Waals surface area contributed by atoms with Gasteiger partial charge >= 0.3 is 0 Å². The van der Waals surface area contributed by atoms with E-state index in [0.29, 0.717) is 10.7 Å². The zero-order chi connectivity index (χ0) is 14.2. The first-order chi connectivity index (χ1) is 9.77. The summed E-state index contributed by atoms with van der Waals surface area (Å²) in [4.78, 5) is 11.8. The van der Waals surface area contributed by atoms with Crippen LogP contribution in [-0.2, 0) is 0 Å². The lowest BCUT2D eigenvalue weighted by atomic mass is 10.0. The van der Waals surface area contributed by atoms with E-state index >= 15 is 0 Å². The summed E-state index contributed by atoms with van der Waals surface area (Å²) >= 11 is 5.92. The summed E-state index contributed by atoms with van der Waals surface area (Å²) in [5, 5.41) is 0.465.